The molecular weight excluding hydrogens is 1090 g/mol. The van der Waals surface area contributed by atoms with E-state index in [4.69, 9.17) is 0 Å². The number of aryl methyl sites for hydroxylation is 1. The molecule has 4 nitrogen and oxygen atoms in total. The maximum Gasteiger partial charge on any atom is 0.0541 e. The third-order valence-corrected chi connectivity index (χ3v) is 19.7. The Morgan fingerprint density at radius 1 is 0.333 bits per heavy atom. The van der Waals surface area contributed by atoms with Crippen molar-refractivity contribution in [2.24, 2.45) is 0 Å². The van der Waals surface area contributed by atoms with Crippen LogP contribution < -0.4 is 4.90 Å². The lowest BCUT2D eigenvalue weighted by Crippen LogP contribution is -2.18. The van der Waals surface area contributed by atoms with Gasteiger partial charge < -0.3 is 18.6 Å². The van der Waals surface area contributed by atoms with Crippen molar-refractivity contribution in [3.05, 3.63) is 329 Å². The molecule has 90 heavy (non-hydrogen) atoms. The topological polar surface area (TPSA) is 18.0 Å². The molecule has 3 aromatic heterocycles. The minimum atomic E-state index is -0.212. The predicted molar refractivity (Wildman–Crippen MR) is 387 cm³/mol. The number of hydrogen-bond acceptors (Lipinski definition) is 1. The highest BCUT2D eigenvalue weighted by Gasteiger charge is 2.29. The van der Waals surface area contributed by atoms with Crippen LogP contribution in [0, 0.1) is 13.8 Å². The Labute approximate surface area is 530 Å². The van der Waals surface area contributed by atoms with Gasteiger partial charge in [0, 0.05) is 88.6 Å². The fourth-order valence-electron chi connectivity index (χ4n) is 14.1. The summed E-state index contributed by atoms with van der Waals surface area (Å²) < 4.78 is 7.27. The van der Waals surface area contributed by atoms with Crippen LogP contribution in [-0.4, -0.2) is 13.7 Å². The standard InChI is InChI=1S/C86H76N4/c1-12-19-73-58(5)87(81-51-36-64(54-76(73)81)84(6,7)61-30-24-57(4)25-31-61)67-39-41-68(42-40-67)88(69-43-47-71(48-44-69)89-79-22-17-15-20-74(79)77-55-65(37-52-82(77)89)85(8,9)62-32-26-59(13-2)27-33-62)70-45-49-72(50-46-70)90-80-23-18-16-21-75(80)78-56-66(38-53-83(78)90)86(10,11)63-34-28-60(14-3)29-35-63/h12-56H,2-3H2,1,4-11H3. The first-order chi connectivity index (χ1) is 43.6. The van der Waals surface area contributed by atoms with Gasteiger partial charge in [-0.2, -0.15) is 0 Å². The van der Waals surface area contributed by atoms with Gasteiger partial charge in [0.2, 0.25) is 0 Å². The first kappa shape index (κ1) is 57.3. The second-order valence-corrected chi connectivity index (χ2v) is 26.0. The molecule has 440 valence electrons. The highest BCUT2D eigenvalue weighted by atomic mass is 15.1. The molecule has 0 aliphatic rings. The first-order valence-electron chi connectivity index (χ1n) is 31.6. The fourth-order valence-corrected chi connectivity index (χ4v) is 14.1. The Balaban J connectivity index is 0.867. The van der Waals surface area contributed by atoms with E-state index in [9.17, 15) is 0 Å². The van der Waals surface area contributed by atoms with E-state index < -0.39 is 0 Å². The SMILES string of the molecule is C=Cc1ccc(C(C)(C)c2ccc3c(c2)c2ccccc2n3-c2ccc(N(c3ccc(-n4c(C)c(C=CC)c5cc(C(C)(C)c6ccc(C)cc6)ccc54)cc3)c3ccc(-n4c5ccccc5c5cc(C(C)(C)c6ccc(C=C)cc6)ccc54)cc3)cc2)cc1. The summed E-state index contributed by atoms with van der Waals surface area (Å²) in [5, 5.41) is 6.19. The molecule has 14 rings (SSSR count). The van der Waals surface area contributed by atoms with Crippen molar-refractivity contribution in [3.63, 3.8) is 0 Å². The van der Waals surface area contributed by atoms with Crippen molar-refractivity contribution in [1.29, 1.82) is 0 Å². The molecule has 0 unspecified atom stereocenters. The molecule has 0 aliphatic heterocycles. The smallest absolute Gasteiger partial charge is 0.0541 e. The summed E-state index contributed by atoms with van der Waals surface area (Å²) in [6, 6.07) is 92.8. The van der Waals surface area contributed by atoms with Gasteiger partial charge in [0.15, 0.2) is 0 Å². The summed E-state index contributed by atoms with van der Waals surface area (Å²) >= 11 is 0. The van der Waals surface area contributed by atoms with Gasteiger partial charge in [-0.1, -0.05) is 212 Å². The summed E-state index contributed by atoms with van der Waals surface area (Å²) in [6.45, 7) is 28.5. The highest BCUT2D eigenvalue weighted by Crippen LogP contribution is 2.44. The van der Waals surface area contributed by atoms with Crippen LogP contribution >= 0.6 is 0 Å². The monoisotopic (exact) mass is 1160 g/mol. The molecule has 14 aromatic rings. The van der Waals surface area contributed by atoms with Crippen molar-refractivity contribution in [1.82, 2.24) is 13.7 Å². The molecule has 0 saturated heterocycles. The van der Waals surface area contributed by atoms with Crippen molar-refractivity contribution in [2.75, 3.05) is 4.90 Å². The van der Waals surface area contributed by atoms with E-state index in [0.29, 0.717) is 0 Å². The van der Waals surface area contributed by atoms with Crippen molar-refractivity contribution < 1.29 is 0 Å². The van der Waals surface area contributed by atoms with E-state index in [0.717, 1.165) is 45.3 Å². The summed E-state index contributed by atoms with van der Waals surface area (Å²) in [5.41, 5.74) is 25.4. The molecule has 0 spiro atoms. The number of hydrogen-bond donors (Lipinski definition) is 0. The first-order valence-corrected chi connectivity index (χ1v) is 31.6. The number of nitrogens with zero attached hydrogens (tertiary/aromatic N) is 4. The molecule has 0 fully saturated rings. The fraction of sp³-hybridized carbons (Fsp3) is 0.140. The maximum atomic E-state index is 3.99. The zero-order valence-electron chi connectivity index (χ0n) is 53.2. The number of rotatable bonds is 15. The van der Waals surface area contributed by atoms with Gasteiger partial charge in [0.05, 0.1) is 27.6 Å². The molecule has 0 saturated carbocycles. The number of para-hydroxylation sites is 2. The van der Waals surface area contributed by atoms with Crippen molar-refractivity contribution in [3.8, 4) is 17.1 Å². The van der Waals surface area contributed by atoms with Crippen molar-refractivity contribution >= 4 is 89.8 Å². The number of benzene rings is 11. The van der Waals surface area contributed by atoms with Gasteiger partial charge in [0.1, 0.15) is 0 Å². The van der Waals surface area contributed by atoms with Crippen LogP contribution in [0.5, 0.6) is 0 Å². The van der Waals surface area contributed by atoms with Crippen LogP contribution in [-0.2, 0) is 16.2 Å². The maximum absolute atomic E-state index is 3.99. The van der Waals surface area contributed by atoms with E-state index in [1.54, 1.807) is 0 Å². The van der Waals surface area contributed by atoms with Gasteiger partial charge in [-0.25, -0.2) is 0 Å². The third kappa shape index (κ3) is 9.61. The van der Waals surface area contributed by atoms with Crippen LogP contribution in [0.4, 0.5) is 17.1 Å². The molecule has 0 N–H and O–H groups in total. The van der Waals surface area contributed by atoms with Crippen LogP contribution in [0.3, 0.4) is 0 Å². The average molecular weight is 1170 g/mol. The largest absolute Gasteiger partial charge is 0.313 e. The van der Waals surface area contributed by atoms with Gasteiger partial charge >= 0.3 is 0 Å². The van der Waals surface area contributed by atoms with Gasteiger partial charge in [-0.15, -0.1) is 0 Å². The molecule has 0 atom stereocenters. The lowest BCUT2D eigenvalue weighted by molar-refractivity contribution is 0.641. The Hall–Kier alpha value is -10.4. The molecule has 0 aliphatic carbocycles. The molecule has 0 amide bonds. The second kappa shape index (κ2) is 22.3. The lowest BCUT2D eigenvalue weighted by Gasteiger charge is -2.27. The summed E-state index contributed by atoms with van der Waals surface area (Å²) in [4.78, 5) is 2.40. The third-order valence-electron chi connectivity index (χ3n) is 19.7. The zero-order chi connectivity index (χ0) is 62.2. The number of allylic oxidation sites excluding steroid dienone is 1. The summed E-state index contributed by atoms with van der Waals surface area (Å²) in [7, 11) is 0. The van der Waals surface area contributed by atoms with Crippen LogP contribution in [0.2, 0.25) is 0 Å². The Morgan fingerprint density at radius 2 is 0.656 bits per heavy atom. The van der Waals surface area contributed by atoms with E-state index >= 15 is 0 Å². The van der Waals surface area contributed by atoms with Gasteiger partial charge in [-0.3, -0.25) is 0 Å². The van der Waals surface area contributed by atoms with E-state index in [1.807, 2.05) is 12.2 Å². The Morgan fingerprint density at radius 3 is 1.03 bits per heavy atom. The normalized spacial score (nSPS) is 12.3. The Bertz CT molecular complexity index is 4870. The summed E-state index contributed by atoms with van der Waals surface area (Å²) in [5.74, 6) is 0. The number of aromatic nitrogens is 3. The zero-order valence-corrected chi connectivity index (χ0v) is 53.2. The molecular formula is C86H76N4. The van der Waals surface area contributed by atoms with Crippen LogP contribution in [0.25, 0.3) is 89.8 Å². The van der Waals surface area contributed by atoms with E-state index in [1.165, 1.54) is 105 Å². The molecule has 0 radical (unpaired) electrons. The lowest BCUT2D eigenvalue weighted by atomic mass is 9.77. The van der Waals surface area contributed by atoms with Crippen LogP contribution in [0.15, 0.2) is 268 Å². The molecule has 4 heteroatoms. The Kier molecular flexibility index (Phi) is 14.2. The number of fused-ring (bicyclic) bond motifs is 7. The minimum absolute atomic E-state index is 0.179. The molecule has 3 heterocycles. The average Bonchev–Trinajstić information content (AvgIpc) is 1.68. The predicted octanol–water partition coefficient (Wildman–Crippen LogP) is 23.2. The van der Waals surface area contributed by atoms with Crippen LogP contribution in [0.1, 0.15) is 110 Å². The summed E-state index contributed by atoms with van der Waals surface area (Å²) in [6.07, 6.45) is 8.24. The minimum Gasteiger partial charge on any atom is -0.313 e. The van der Waals surface area contributed by atoms with E-state index in [-0.39, 0.29) is 16.2 Å². The van der Waals surface area contributed by atoms with E-state index in [2.05, 4.69) is 355 Å². The highest BCUT2D eigenvalue weighted by molar-refractivity contribution is 6.11. The number of anilines is 3. The van der Waals surface area contributed by atoms with Crippen molar-refractivity contribution in [2.45, 2.75) is 78.6 Å². The quantitative estimate of drug-likeness (QED) is 0.100. The van der Waals surface area contributed by atoms with Gasteiger partial charge in [-0.05, 0) is 187 Å². The molecule has 11 aromatic carbocycles. The molecule has 0 bridgehead atoms. The second-order valence-electron chi connectivity index (χ2n) is 26.0. The van der Waals surface area contributed by atoms with Gasteiger partial charge in [0.25, 0.3) is 0 Å².